The summed E-state index contributed by atoms with van der Waals surface area (Å²) in [5.41, 5.74) is 1.16. The van der Waals surface area contributed by atoms with Crippen LogP contribution in [0.5, 0.6) is 5.75 Å². The van der Waals surface area contributed by atoms with Crippen molar-refractivity contribution in [2.24, 2.45) is 0 Å². The first-order chi connectivity index (χ1) is 10.4. The van der Waals surface area contributed by atoms with Crippen LogP contribution in [0.4, 0.5) is 18.9 Å². The van der Waals surface area contributed by atoms with Crippen LogP contribution in [0, 0.1) is 0 Å². The maximum absolute atomic E-state index is 12.0. The number of carbonyl (C=O) groups is 1. The van der Waals surface area contributed by atoms with Gasteiger partial charge in [-0.15, -0.1) is 13.2 Å². The summed E-state index contributed by atoms with van der Waals surface area (Å²) < 4.78 is 39.8. The molecule has 0 unspecified atom stereocenters. The Balaban J connectivity index is 1.93. The van der Waals surface area contributed by atoms with Gasteiger partial charge in [-0.05, 0) is 48.0 Å². The minimum atomic E-state index is -4.74. The molecule has 0 radical (unpaired) electrons. The third-order valence-electron chi connectivity index (χ3n) is 2.49. The molecule has 0 fully saturated rings. The SMILES string of the molecule is O=C(/C=C/c1ccncc1)Nc1ccc(OC(F)(F)F)cc1. The van der Waals surface area contributed by atoms with Crippen LogP contribution in [0.2, 0.25) is 0 Å². The molecular formula is C15H11F3N2O2. The Morgan fingerprint density at radius 1 is 1.09 bits per heavy atom. The van der Waals surface area contributed by atoms with Gasteiger partial charge in [0.2, 0.25) is 5.91 Å². The zero-order valence-electron chi connectivity index (χ0n) is 11.2. The first kappa shape index (κ1) is 15.6. The summed E-state index contributed by atoms with van der Waals surface area (Å²) in [6, 6.07) is 8.34. The molecule has 0 saturated carbocycles. The predicted octanol–water partition coefficient (Wildman–Crippen LogP) is 3.63. The van der Waals surface area contributed by atoms with Crippen molar-refractivity contribution < 1.29 is 22.7 Å². The van der Waals surface area contributed by atoms with Gasteiger partial charge >= 0.3 is 6.36 Å². The molecule has 2 aromatic rings. The van der Waals surface area contributed by atoms with E-state index in [1.54, 1.807) is 30.6 Å². The van der Waals surface area contributed by atoms with Crippen molar-refractivity contribution in [1.29, 1.82) is 0 Å². The lowest BCUT2D eigenvalue weighted by molar-refractivity contribution is -0.274. The molecule has 0 saturated heterocycles. The molecule has 1 amide bonds. The molecule has 1 N–H and O–H groups in total. The molecule has 0 aliphatic heterocycles. The van der Waals surface area contributed by atoms with Gasteiger partial charge in [-0.3, -0.25) is 9.78 Å². The van der Waals surface area contributed by atoms with Crippen molar-refractivity contribution in [3.63, 3.8) is 0 Å². The third-order valence-corrected chi connectivity index (χ3v) is 2.49. The fourth-order valence-electron chi connectivity index (χ4n) is 1.57. The number of amides is 1. The normalized spacial score (nSPS) is 11.4. The second kappa shape index (κ2) is 6.75. The molecule has 0 aliphatic rings. The summed E-state index contributed by atoms with van der Waals surface area (Å²) in [4.78, 5) is 15.5. The van der Waals surface area contributed by atoms with Gasteiger partial charge in [0.1, 0.15) is 5.75 Å². The molecule has 2 rings (SSSR count). The van der Waals surface area contributed by atoms with E-state index in [1.807, 2.05) is 0 Å². The number of hydrogen-bond donors (Lipinski definition) is 1. The lowest BCUT2D eigenvalue weighted by Crippen LogP contribution is -2.17. The lowest BCUT2D eigenvalue weighted by Gasteiger charge is -2.09. The molecule has 4 nitrogen and oxygen atoms in total. The summed E-state index contributed by atoms with van der Waals surface area (Å²) >= 11 is 0. The zero-order chi connectivity index (χ0) is 16.0. The average molecular weight is 308 g/mol. The van der Waals surface area contributed by atoms with Crippen LogP contribution in [0.25, 0.3) is 6.08 Å². The number of anilines is 1. The smallest absolute Gasteiger partial charge is 0.406 e. The Labute approximate surface area is 124 Å². The summed E-state index contributed by atoms with van der Waals surface area (Å²) in [5.74, 6) is -0.751. The molecule has 1 aromatic heterocycles. The van der Waals surface area contributed by atoms with E-state index in [1.165, 1.54) is 18.2 Å². The molecule has 1 heterocycles. The van der Waals surface area contributed by atoms with Gasteiger partial charge < -0.3 is 10.1 Å². The third kappa shape index (κ3) is 5.28. The predicted molar refractivity (Wildman–Crippen MR) is 75.0 cm³/mol. The number of nitrogens with zero attached hydrogens (tertiary/aromatic N) is 1. The number of nitrogens with one attached hydrogen (secondary N) is 1. The highest BCUT2D eigenvalue weighted by atomic mass is 19.4. The van der Waals surface area contributed by atoms with Crippen LogP contribution in [-0.4, -0.2) is 17.3 Å². The average Bonchev–Trinajstić information content (AvgIpc) is 2.47. The van der Waals surface area contributed by atoms with Gasteiger partial charge in [-0.25, -0.2) is 0 Å². The number of hydrogen-bond acceptors (Lipinski definition) is 3. The summed E-state index contributed by atoms with van der Waals surface area (Å²) in [7, 11) is 0. The van der Waals surface area contributed by atoms with E-state index in [2.05, 4.69) is 15.0 Å². The highest BCUT2D eigenvalue weighted by molar-refractivity contribution is 6.01. The summed E-state index contributed by atoms with van der Waals surface area (Å²) in [5, 5.41) is 2.52. The topological polar surface area (TPSA) is 51.2 Å². The quantitative estimate of drug-likeness (QED) is 0.878. The van der Waals surface area contributed by atoms with Gasteiger partial charge in [-0.1, -0.05) is 0 Å². The molecule has 0 aliphatic carbocycles. The summed E-state index contributed by atoms with van der Waals surface area (Å²) in [6.07, 6.45) is 1.36. The fraction of sp³-hybridized carbons (Fsp3) is 0.0667. The number of halogens is 3. The van der Waals surface area contributed by atoms with Crippen LogP contribution < -0.4 is 10.1 Å². The standard InChI is InChI=1S/C15H11F3N2O2/c16-15(17,18)22-13-4-2-12(3-5-13)20-14(21)6-1-11-7-9-19-10-8-11/h1-10H,(H,20,21)/b6-1+. The fourth-order valence-corrected chi connectivity index (χ4v) is 1.57. The van der Waals surface area contributed by atoms with E-state index < -0.39 is 12.3 Å². The molecule has 0 atom stereocenters. The number of ether oxygens (including phenoxy) is 1. The van der Waals surface area contributed by atoms with E-state index >= 15 is 0 Å². The second-order valence-corrected chi connectivity index (χ2v) is 4.18. The summed E-state index contributed by atoms with van der Waals surface area (Å²) in [6.45, 7) is 0. The van der Waals surface area contributed by atoms with Gasteiger partial charge in [-0.2, -0.15) is 0 Å². The molecular weight excluding hydrogens is 297 g/mol. The number of benzene rings is 1. The number of aromatic nitrogens is 1. The minimum absolute atomic E-state index is 0.349. The maximum atomic E-state index is 12.0. The molecule has 22 heavy (non-hydrogen) atoms. The molecule has 114 valence electrons. The van der Waals surface area contributed by atoms with Crippen molar-refractivity contribution in [2.45, 2.75) is 6.36 Å². The van der Waals surface area contributed by atoms with E-state index in [-0.39, 0.29) is 5.75 Å². The van der Waals surface area contributed by atoms with Gasteiger partial charge in [0.25, 0.3) is 0 Å². The Morgan fingerprint density at radius 3 is 2.32 bits per heavy atom. The molecule has 1 aromatic carbocycles. The van der Waals surface area contributed by atoms with Gasteiger partial charge in [0.05, 0.1) is 0 Å². The van der Waals surface area contributed by atoms with Crippen LogP contribution >= 0.6 is 0 Å². The van der Waals surface area contributed by atoms with Crippen LogP contribution in [0.15, 0.2) is 54.9 Å². The van der Waals surface area contributed by atoms with Gasteiger partial charge in [0.15, 0.2) is 0 Å². The lowest BCUT2D eigenvalue weighted by atomic mass is 10.2. The van der Waals surface area contributed by atoms with Gasteiger partial charge in [0, 0.05) is 24.2 Å². The van der Waals surface area contributed by atoms with Crippen LogP contribution in [-0.2, 0) is 4.79 Å². The maximum Gasteiger partial charge on any atom is 0.573 e. The van der Waals surface area contributed by atoms with Crippen molar-refractivity contribution in [3.05, 3.63) is 60.4 Å². The number of pyridine rings is 1. The zero-order valence-corrected chi connectivity index (χ0v) is 11.2. The van der Waals surface area contributed by atoms with E-state index in [9.17, 15) is 18.0 Å². The van der Waals surface area contributed by atoms with E-state index in [0.717, 1.165) is 17.7 Å². The number of rotatable bonds is 4. The number of alkyl halides is 3. The van der Waals surface area contributed by atoms with E-state index in [4.69, 9.17) is 0 Å². The van der Waals surface area contributed by atoms with Crippen molar-refractivity contribution >= 4 is 17.7 Å². The Bertz CT molecular complexity index is 653. The van der Waals surface area contributed by atoms with Crippen molar-refractivity contribution in [1.82, 2.24) is 4.98 Å². The van der Waals surface area contributed by atoms with Crippen molar-refractivity contribution in [3.8, 4) is 5.75 Å². The van der Waals surface area contributed by atoms with E-state index in [0.29, 0.717) is 5.69 Å². The minimum Gasteiger partial charge on any atom is -0.406 e. The largest absolute Gasteiger partial charge is 0.573 e. The highest BCUT2D eigenvalue weighted by Crippen LogP contribution is 2.23. The molecule has 0 bridgehead atoms. The Hall–Kier alpha value is -2.83. The first-order valence-electron chi connectivity index (χ1n) is 6.17. The Morgan fingerprint density at radius 2 is 1.73 bits per heavy atom. The Kier molecular flexibility index (Phi) is 4.77. The van der Waals surface area contributed by atoms with Crippen LogP contribution in [0.3, 0.4) is 0 Å². The monoisotopic (exact) mass is 308 g/mol. The molecule has 0 spiro atoms. The highest BCUT2D eigenvalue weighted by Gasteiger charge is 2.30. The van der Waals surface area contributed by atoms with Crippen molar-refractivity contribution in [2.75, 3.05) is 5.32 Å². The second-order valence-electron chi connectivity index (χ2n) is 4.18. The first-order valence-corrected chi connectivity index (χ1v) is 6.17. The molecule has 7 heteroatoms. The van der Waals surface area contributed by atoms with Crippen LogP contribution in [0.1, 0.15) is 5.56 Å². The number of carbonyl (C=O) groups excluding carboxylic acids is 1.